The van der Waals surface area contributed by atoms with Crippen LogP contribution in [-0.2, 0) is 85.4 Å². The van der Waals surface area contributed by atoms with E-state index in [4.69, 9.17) is 73.1 Å². The molecule has 22 nitrogen and oxygen atoms in total. The molecule has 4 N–H and O–H groups in total. The first-order valence-electron chi connectivity index (χ1n) is 31.3. The van der Waals surface area contributed by atoms with E-state index in [2.05, 4.69) is 78.0 Å². The van der Waals surface area contributed by atoms with Crippen LogP contribution in [0.15, 0.2) is 18.2 Å². The molecule has 0 amide bonds. The number of terminal acetylenes is 2. The van der Waals surface area contributed by atoms with Crippen molar-refractivity contribution in [2.24, 2.45) is 29.6 Å². The molecule has 7 unspecified atom stereocenters. The molecule has 0 aromatic rings. The molecular formula is C63H104IO22Sn+. The van der Waals surface area contributed by atoms with Crippen molar-refractivity contribution in [3.8, 4) is 24.7 Å². The maximum atomic E-state index is 10.7. The van der Waals surface area contributed by atoms with E-state index in [1.807, 2.05) is 12.0 Å². The zero-order valence-corrected chi connectivity index (χ0v) is 57.9. The fourth-order valence-corrected chi connectivity index (χ4v) is 22.3. The third-order valence-electron chi connectivity index (χ3n) is 15.4. The number of unbranched alkanes of at least 4 members (excludes halogenated alkanes) is 3. The van der Waals surface area contributed by atoms with Gasteiger partial charge in [0.05, 0.1) is 107 Å². The third kappa shape index (κ3) is 31.8. The van der Waals surface area contributed by atoms with Crippen LogP contribution in [0.25, 0.3) is 0 Å². The first-order chi connectivity index (χ1) is 42.0. The zero-order chi connectivity index (χ0) is 63.8. The van der Waals surface area contributed by atoms with Gasteiger partial charge >= 0.3 is 117 Å². The molecule has 0 saturated carbocycles. The van der Waals surface area contributed by atoms with E-state index in [0.717, 1.165) is 84.6 Å². The van der Waals surface area contributed by atoms with E-state index >= 15 is 0 Å². The summed E-state index contributed by atoms with van der Waals surface area (Å²) in [5.74, 6) is 4.56. The van der Waals surface area contributed by atoms with Crippen molar-refractivity contribution in [1.29, 1.82) is 0 Å². The standard InChI is InChI=1S/C8H12O4.C7H9IO2.C7H10O2.3C6H10O3.C4H6O3.C4H5O.3C4H9.C3H4O.Sn.H/c1-5(9)12-7-4-11-8-6(7)2-3-10-8;1-2-4-9-7-6(8)3-5-10-7;1-5-4-9-7-6(5)2-3-8-7;3*7-5-3-9-6-4(5)1-2-8-6;1-3(5)7-4(2)6;1-2-4-5-3-1;3*1-3-4-2;1-2-3-4;;/h6-8H,2-4H2,1H3;1,6-7H,3-5H2;6-7H,1-4H2;3*4-7H,1-3H2;1-2H3;1H,2,4H2;3*1,3-4H2,2H3;1,4H,3H2;;/q;;;;;;;+1;;;;;;/t6-,7-,8+;;;2*4-,5-,6+;;;;;;;;;/m1..00........./s1. The Morgan fingerprint density at radius 3 is 1.39 bits per heavy atom. The van der Waals surface area contributed by atoms with Gasteiger partial charge in [-0.05, 0) is 44.1 Å². The van der Waals surface area contributed by atoms with Crippen LogP contribution in [0.1, 0.15) is 125 Å². The fraction of sp³-hybridized carbons (Fsp3) is 0.825. The van der Waals surface area contributed by atoms with Gasteiger partial charge in [-0.3, -0.25) is 19.1 Å². The molecule has 11 saturated heterocycles. The molecule has 0 aromatic carbocycles. The molecule has 16 atom stereocenters. The van der Waals surface area contributed by atoms with Gasteiger partial charge < -0.3 is 86.7 Å². The summed E-state index contributed by atoms with van der Waals surface area (Å²) in [6.07, 6.45) is 28.5. The number of rotatable bonds is 12. The van der Waals surface area contributed by atoms with E-state index in [1.165, 1.54) is 64.9 Å². The van der Waals surface area contributed by atoms with Crippen LogP contribution in [0, 0.1) is 60.5 Å². The van der Waals surface area contributed by atoms with Gasteiger partial charge in [-0.25, -0.2) is 0 Å². The van der Waals surface area contributed by atoms with Crippen LogP contribution >= 0.6 is 22.6 Å². The minimum absolute atomic E-state index is 0.0532. The maximum absolute atomic E-state index is 10.7. The summed E-state index contributed by atoms with van der Waals surface area (Å²) in [6.45, 7) is 22.8. The Kier molecular flexibility index (Phi) is 43.3. The maximum Gasteiger partial charge on any atom is 0.480 e. The second kappa shape index (κ2) is 47.7. The first-order valence-corrected chi connectivity index (χ1v) is 39.5. The molecular weight excluding hydrogens is 1350 g/mol. The largest absolute Gasteiger partial charge is 0.480 e. The minimum Gasteiger partial charge on any atom is -0.390 e. The molecule has 12 aliphatic heterocycles. The molecule has 0 bridgehead atoms. The van der Waals surface area contributed by atoms with Crippen molar-refractivity contribution in [1.82, 2.24) is 0 Å². The van der Waals surface area contributed by atoms with Crippen molar-refractivity contribution in [2.75, 3.05) is 92.5 Å². The molecule has 87 heavy (non-hydrogen) atoms. The summed E-state index contributed by atoms with van der Waals surface area (Å²) in [4.78, 5) is 30.3. The quantitative estimate of drug-likeness (QED) is 0.0231. The van der Waals surface area contributed by atoms with E-state index in [-0.39, 0.29) is 98.4 Å². The Labute approximate surface area is 538 Å². The molecule has 0 aromatic heterocycles. The summed E-state index contributed by atoms with van der Waals surface area (Å²) >= 11 is 1.35. The van der Waals surface area contributed by atoms with E-state index in [0.29, 0.717) is 56.1 Å². The number of hydrogen-bond donors (Lipinski definition) is 4. The number of ether oxygens (including phenoxy) is 15. The second-order valence-corrected chi connectivity index (χ2v) is 33.8. The van der Waals surface area contributed by atoms with Crippen LogP contribution in [0.4, 0.5) is 0 Å². The average Bonchev–Trinajstić information content (AvgIpc) is 2.61. The topological polar surface area (TPSA) is 271 Å². The smallest absolute Gasteiger partial charge is 0.390 e. The molecule has 12 aliphatic rings. The molecule has 498 valence electrons. The van der Waals surface area contributed by atoms with Crippen molar-refractivity contribution < 1.29 is 106 Å². The summed E-state index contributed by atoms with van der Waals surface area (Å²) in [6, 6.07) is 0. The van der Waals surface area contributed by atoms with Gasteiger partial charge in [0.2, 0.25) is 6.08 Å². The molecule has 24 heteroatoms. The van der Waals surface area contributed by atoms with Crippen molar-refractivity contribution in [3.05, 3.63) is 24.5 Å². The Balaban J connectivity index is 0.000000256. The van der Waals surface area contributed by atoms with E-state index < -0.39 is 31.7 Å². The number of carbonyl (C=O) groups is 3. The number of esters is 3. The molecule has 11 fully saturated rings. The van der Waals surface area contributed by atoms with Crippen LogP contribution in [-0.4, -0.2) is 217 Å². The summed E-state index contributed by atoms with van der Waals surface area (Å²) in [5.41, 5.74) is 1.21. The van der Waals surface area contributed by atoms with E-state index in [9.17, 15) is 29.7 Å². The number of aliphatic hydroxyl groups is 4. The predicted octanol–water partition coefficient (Wildman–Crippen LogP) is 6.70. The summed E-state index contributed by atoms with van der Waals surface area (Å²) in [7, 11) is 0. The third-order valence-corrected chi connectivity index (χ3v) is 27.1. The van der Waals surface area contributed by atoms with Gasteiger partial charge in [0.1, 0.15) is 19.3 Å². The number of halogens is 1. The van der Waals surface area contributed by atoms with Crippen molar-refractivity contribution >= 4 is 60.3 Å². The number of fused-ring (bicyclic) bond motifs is 5. The minimum atomic E-state index is -0.967. The normalized spacial score (nSPS) is 32.4. The fourth-order valence-electron chi connectivity index (χ4n) is 10.7. The van der Waals surface area contributed by atoms with Gasteiger partial charge in [-0.2, -0.15) is 0 Å². The van der Waals surface area contributed by atoms with Gasteiger partial charge in [-0.1, -0.05) is 41.0 Å². The average molecular weight is 1460 g/mol. The van der Waals surface area contributed by atoms with Gasteiger partial charge in [0.25, 0.3) is 0 Å². The summed E-state index contributed by atoms with van der Waals surface area (Å²) in [5, 5.41) is 35.2. The summed E-state index contributed by atoms with van der Waals surface area (Å²) < 4.78 is 81.6. The van der Waals surface area contributed by atoms with E-state index in [1.54, 1.807) is 13.3 Å². The van der Waals surface area contributed by atoms with Gasteiger partial charge in [0.15, 0.2) is 44.3 Å². The van der Waals surface area contributed by atoms with Crippen molar-refractivity contribution in [2.45, 2.75) is 204 Å². The predicted molar refractivity (Wildman–Crippen MR) is 332 cm³/mol. The van der Waals surface area contributed by atoms with Crippen molar-refractivity contribution in [3.63, 3.8) is 0 Å². The SMILES string of the molecule is C#CCO.C#CCOC1OCCC1I.C=C1COC2OCCC12.CC(=O)OC(C)=O.CC(=O)O[C@@H]1CO[C@@H]2OCC[C@@H]21.CCC[CH2][SnH]([CH2]CCC)[CH2]CCC.OC1COC2OCCC12.O[C@H]1CO[C@H]2OCC[C@H]21.O[C@H]1CO[C@H]2OCC[C@H]21.[C+]1=CCCO1. The first kappa shape index (κ1) is 79.0. The van der Waals surface area contributed by atoms with Crippen LogP contribution in [0.3, 0.4) is 0 Å². The van der Waals surface area contributed by atoms with Crippen LogP contribution < -0.4 is 0 Å². The Morgan fingerprint density at radius 1 is 0.609 bits per heavy atom. The second-order valence-electron chi connectivity index (χ2n) is 22.3. The Bertz CT molecular complexity index is 1890. The van der Waals surface area contributed by atoms with Crippen LogP contribution in [0.5, 0.6) is 0 Å². The molecule has 0 aliphatic carbocycles. The number of aliphatic hydroxyl groups excluding tert-OH is 4. The molecule has 12 rings (SSSR count). The molecule has 0 spiro atoms. The van der Waals surface area contributed by atoms with Gasteiger partial charge in [0, 0.05) is 44.4 Å². The Morgan fingerprint density at radius 2 is 1.05 bits per heavy atom. The molecule has 12 heterocycles. The van der Waals surface area contributed by atoms with Gasteiger partial charge in [-0.15, -0.1) is 12.8 Å². The Hall–Kier alpha value is -2.19. The number of hydrogen-bond acceptors (Lipinski definition) is 22. The zero-order valence-electron chi connectivity index (χ0n) is 52.5. The number of alkyl halides is 1. The monoisotopic (exact) mass is 1460 g/mol. The van der Waals surface area contributed by atoms with Crippen LogP contribution in [0.2, 0.25) is 13.3 Å². The number of carbonyl (C=O) groups excluding carboxylic acids is 3. The molecule has 0 radical (unpaired) electrons.